The van der Waals surface area contributed by atoms with Crippen LogP contribution in [0.5, 0.6) is 17.2 Å². The van der Waals surface area contributed by atoms with Crippen molar-refractivity contribution < 1.29 is 23.8 Å². The molecule has 1 saturated heterocycles. The van der Waals surface area contributed by atoms with Gasteiger partial charge in [0.25, 0.3) is 0 Å². The smallest absolute Gasteiger partial charge is 0.229 e. The van der Waals surface area contributed by atoms with Gasteiger partial charge in [0.1, 0.15) is 0 Å². The number of halogens is 2. The molecule has 3 aromatic rings. The SMILES string of the molecule is COc1cc(C(=O)C(=N)CC(C)(CCN2CCC(C(N)=O)(c3ccccn3)CC2)c2ccc(Cl)c(Cl)c2)cc(OC)c1OC. The van der Waals surface area contributed by atoms with Gasteiger partial charge in [-0.2, -0.15) is 0 Å². The summed E-state index contributed by atoms with van der Waals surface area (Å²) in [4.78, 5) is 33.0. The fourth-order valence-corrected chi connectivity index (χ4v) is 6.20. The molecule has 1 aliphatic rings. The predicted octanol–water partition coefficient (Wildman–Crippen LogP) is 5.87. The third-order valence-electron chi connectivity index (χ3n) is 8.70. The third kappa shape index (κ3) is 6.85. The van der Waals surface area contributed by atoms with Crippen molar-refractivity contribution >= 4 is 40.6 Å². The zero-order valence-corrected chi connectivity index (χ0v) is 26.9. The van der Waals surface area contributed by atoms with Crippen LogP contribution < -0.4 is 19.9 Å². The number of benzene rings is 2. The monoisotopic (exact) mass is 640 g/mol. The average molecular weight is 642 g/mol. The van der Waals surface area contributed by atoms with Gasteiger partial charge in [0.05, 0.1) is 48.2 Å². The lowest BCUT2D eigenvalue weighted by Crippen LogP contribution is -2.51. The quantitative estimate of drug-likeness (QED) is 0.176. The zero-order valence-electron chi connectivity index (χ0n) is 25.4. The van der Waals surface area contributed by atoms with Crippen LogP contribution in [0, 0.1) is 5.41 Å². The van der Waals surface area contributed by atoms with Crippen LogP contribution in [-0.2, 0) is 15.6 Å². The number of amides is 1. The van der Waals surface area contributed by atoms with Crippen molar-refractivity contribution in [3.8, 4) is 17.2 Å². The number of carbonyl (C=O) groups is 2. The lowest BCUT2D eigenvalue weighted by Gasteiger charge is -2.41. The summed E-state index contributed by atoms with van der Waals surface area (Å²) in [6.07, 6.45) is 3.55. The molecule has 0 aliphatic carbocycles. The average Bonchev–Trinajstić information content (AvgIpc) is 3.04. The number of aromatic nitrogens is 1. The molecule has 2 aromatic carbocycles. The second kappa shape index (κ2) is 14.0. The Balaban J connectivity index is 1.56. The van der Waals surface area contributed by atoms with Crippen molar-refractivity contribution in [2.45, 2.75) is 43.4 Å². The summed E-state index contributed by atoms with van der Waals surface area (Å²) >= 11 is 12.7. The first-order valence-corrected chi connectivity index (χ1v) is 15.0. The highest BCUT2D eigenvalue weighted by Crippen LogP contribution is 2.40. The molecule has 0 bridgehead atoms. The normalized spacial score (nSPS) is 16.0. The van der Waals surface area contributed by atoms with Gasteiger partial charge in [0.15, 0.2) is 11.5 Å². The van der Waals surface area contributed by atoms with Gasteiger partial charge in [-0.25, -0.2) is 0 Å². The maximum Gasteiger partial charge on any atom is 0.229 e. The number of hydrogen-bond donors (Lipinski definition) is 2. The number of nitrogens with zero attached hydrogens (tertiary/aromatic N) is 2. The highest BCUT2D eigenvalue weighted by molar-refractivity contribution is 6.45. The van der Waals surface area contributed by atoms with Crippen molar-refractivity contribution in [2.75, 3.05) is 41.0 Å². The number of hydrogen-bond acceptors (Lipinski definition) is 8. The summed E-state index contributed by atoms with van der Waals surface area (Å²) in [6.45, 7) is 3.99. The van der Waals surface area contributed by atoms with Crippen molar-refractivity contribution in [1.29, 1.82) is 5.41 Å². The number of likely N-dealkylation sites (tertiary alicyclic amines) is 1. The first-order chi connectivity index (χ1) is 21.0. The summed E-state index contributed by atoms with van der Waals surface area (Å²) in [5, 5.41) is 9.74. The standard InChI is InChI=1S/C33H38Cl2N4O5/c1-32(22-8-9-23(34)24(35)19-22,20-25(36)29(40)21-17-26(42-2)30(44-4)27(18-21)43-3)10-14-39-15-11-33(12-16-39,31(37)41)28-7-5-6-13-38-28/h5-9,13,17-19,36H,10-12,14-16,20H2,1-4H3,(H2,37,41). The molecule has 11 heteroatoms. The summed E-state index contributed by atoms with van der Waals surface area (Å²) in [5.41, 5.74) is 6.22. The van der Waals surface area contributed by atoms with E-state index >= 15 is 0 Å². The van der Waals surface area contributed by atoms with Gasteiger partial charge < -0.3 is 30.3 Å². The minimum Gasteiger partial charge on any atom is -0.493 e. The van der Waals surface area contributed by atoms with Crippen LogP contribution in [0.2, 0.25) is 10.0 Å². The number of primary amides is 1. The van der Waals surface area contributed by atoms with Crippen molar-refractivity contribution in [3.05, 3.63) is 81.6 Å². The van der Waals surface area contributed by atoms with Crippen LogP contribution in [0.25, 0.3) is 0 Å². The van der Waals surface area contributed by atoms with E-state index in [0.29, 0.717) is 71.9 Å². The minimum absolute atomic E-state index is 0.0746. The van der Waals surface area contributed by atoms with Gasteiger partial charge in [-0.15, -0.1) is 0 Å². The highest BCUT2D eigenvalue weighted by Gasteiger charge is 2.43. The van der Waals surface area contributed by atoms with E-state index in [1.54, 1.807) is 30.5 Å². The Hall–Kier alpha value is -3.66. The Labute approximate surface area is 268 Å². The van der Waals surface area contributed by atoms with Gasteiger partial charge in [0, 0.05) is 18.2 Å². The molecule has 1 aliphatic heterocycles. The number of piperidine rings is 1. The van der Waals surface area contributed by atoms with Gasteiger partial charge in [0.2, 0.25) is 17.4 Å². The topological polar surface area (TPSA) is 128 Å². The molecule has 1 fully saturated rings. The Morgan fingerprint density at radius 1 is 1.00 bits per heavy atom. The summed E-state index contributed by atoms with van der Waals surface area (Å²) in [6, 6.07) is 14.1. The highest BCUT2D eigenvalue weighted by atomic mass is 35.5. The first-order valence-electron chi connectivity index (χ1n) is 14.3. The van der Waals surface area contributed by atoms with E-state index < -0.39 is 16.6 Å². The molecule has 0 radical (unpaired) electrons. The third-order valence-corrected chi connectivity index (χ3v) is 9.44. The second-order valence-electron chi connectivity index (χ2n) is 11.3. The molecule has 4 rings (SSSR count). The van der Waals surface area contributed by atoms with Crippen LogP contribution in [0.4, 0.5) is 0 Å². The van der Waals surface area contributed by atoms with E-state index in [1.807, 2.05) is 31.2 Å². The van der Waals surface area contributed by atoms with E-state index in [-0.39, 0.29) is 23.6 Å². The molecular weight excluding hydrogens is 603 g/mol. The lowest BCUT2D eigenvalue weighted by atomic mass is 9.73. The van der Waals surface area contributed by atoms with Crippen molar-refractivity contribution in [2.24, 2.45) is 5.73 Å². The number of ether oxygens (including phenoxy) is 3. The van der Waals surface area contributed by atoms with Crippen LogP contribution in [0.15, 0.2) is 54.7 Å². The van der Waals surface area contributed by atoms with Gasteiger partial charge in [-0.05, 0) is 86.3 Å². The molecule has 1 aromatic heterocycles. The molecule has 1 atom stereocenters. The number of Topliss-reactive ketones (excluding diaryl/α,β-unsaturated/α-hetero) is 1. The summed E-state index contributed by atoms with van der Waals surface area (Å²) in [7, 11) is 4.44. The Morgan fingerprint density at radius 2 is 1.66 bits per heavy atom. The molecule has 3 N–H and O–H groups in total. The summed E-state index contributed by atoms with van der Waals surface area (Å²) in [5.74, 6) is 0.213. The molecule has 0 saturated carbocycles. The molecule has 0 spiro atoms. The minimum atomic E-state index is -0.806. The molecule has 1 unspecified atom stereocenters. The molecule has 44 heavy (non-hydrogen) atoms. The Morgan fingerprint density at radius 3 is 2.18 bits per heavy atom. The van der Waals surface area contributed by atoms with E-state index in [2.05, 4.69) is 9.88 Å². The molecule has 1 amide bonds. The van der Waals surface area contributed by atoms with E-state index in [4.69, 9.17) is 48.6 Å². The number of rotatable bonds is 13. The van der Waals surface area contributed by atoms with E-state index in [1.165, 1.54) is 21.3 Å². The van der Waals surface area contributed by atoms with Crippen molar-refractivity contribution in [3.63, 3.8) is 0 Å². The van der Waals surface area contributed by atoms with Crippen LogP contribution in [0.1, 0.15) is 54.2 Å². The van der Waals surface area contributed by atoms with Crippen molar-refractivity contribution in [1.82, 2.24) is 9.88 Å². The fraction of sp³-hybridized carbons (Fsp3) is 0.394. The van der Waals surface area contributed by atoms with Crippen LogP contribution in [0.3, 0.4) is 0 Å². The fourth-order valence-electron chi connectivity index (χ4n) is 5.90. The predicted molar refractivity (Wildman–Crippen MR) is 172 cm³/mol. The molecular formula is C33H38Cl2N4O5. The second-order valence-corrected chi connectivity index (χ2v) is 12.2. The maximum atomic E-state index is 13.6. The lowest BCUT2D eigenvalue weighted by molar-refractivity contribution is -0.125. The number of pyridine rings is 1. The largest absolute Gasteiger partial charge is 0.493 e. The Bertz CT molecular complexity index is 1500. The number of ketones is 1. The summed E-state index contributed by atoms with van der Waals surface area (Å²) < 4.78 is 16.2. The first kappa shape index (κ1) is 33.2. The van der Waals surface area contributed by atoms with Gasteiger partial charge in [-0.3, -0.25) is 14.6 Å². The van der Waals surface area contributed by atoms with Crippen LogP contribution in [-0.4, -0.2) is 68.2 Å². The number of nitrogens with two attached hydrogens (primary N) is 1. The maximum absolute atomic E-state index is 13.6. The zero-order chi connectivity index (χ0) is 32.1. The number of methoxy groups -OCH3 is 3. The van der Waals surface area contributed by atoms with E-state index in [9.17, 15) is 9.59 Å². The van der Waals surface area contributed by atoms with Crippen LogP contribution >= 0.6 is 23.2 Å². The number of carbonyl (C=O) groups excluding carboxylic acids is 2. The molecule has 2 heterocycles. The van der Waals surface area contributed by atoms with Gasteiger partial charge >= 0.3 is 0 Å². The molecule has 9 nitrogen and oxygen atoms in total. The number of nitrogens with one attached hydrogen (secondary N) is 1. The molecule has 234 valence electrons. The van der Waals surface area contributed by atoms with Gasteiger partial charge in [-0.1, -0.05) is 42.3 Å². The Kier molecular flexibility index (Phi) is 10.6. The van der Waals surface area contributed by atoms with E-state index in [0.717, 1.165) is 5.56 Å².